The molecule has 0 heterocycles. The van der Waals surface area contributed by atoms with Gasteiger partial charge in [-0.15, -0.1) is 0 Å². The second kappa shape index (κ2) is 8.90. The second-order valence-electron chi connectivity index (χ2n) is 6.40. The highest BCUT2D eigenvalue weighted by atomic mass is 35.5. The van der Waals surface area contributed by atoms with Crippen molar-refractivity contribution in [2.24, 2.45) is 0 Å². The summed E-state index contributed by atoms with van der Waals surface area (Å²) in [4.78, 5) is 25.9. The van der Waals surface area contributed by atoms with Crippen LogP contribution in [0.2, 0.25) is 15.1 Å². The normalized spacial score (nSPS) is 11.5. The summed E-state index contributed by atoms with van der Waals surface area (Å²) < 4.78 is 0. The SMILES string of the molecule is CCN(CC(=O)Nc1cc(Cl)c(Cl)cc1Cl)CC(=O)NC(C)(C)C. The van der Waals surface area contributed by atoms with Crippen LogP contribution in [0.3, 0.4) is 0 Å². The van der Waals surface area contributed by atoms with Crippen molar-refractivity contribution in [3.8, 4) is 0 Å². The third kappa shape index (κ3) is 7.26. The number of rotatable bonds is 6. The lowest BCUT2D eigenvalue weighted by atomic mass is 10.1. The van der Waals surface area contributed by atoms with Gasteiger partial charge in [-0.3, -0.25) is 14.5 Å². The fraction of sp³-hybridized carbons (Fsp3) is 0.500. The molecule has 0 aromatic heterocycles. The standard InChI is InChI=1S/C16H22Cl3N3O2/c1-5-22(9-15(24)21-16(2,3)4)8-14(23)20-13-7-11(18)10(17)6-12(13)19/h6-7H,5,8-9H2,1-4H3,(H,20,23)(H,21,24). The Bertz CT molecular complexity index is 615. The number of nitrogens with zero attached hydrogens (tertiary/aromatic N) is 1. The zero-order valence-corrected chi connectivity index (χ0v) is 16.4. The zero-order chi connectivity index (χ0) is 18.5. The quantitative estimate of drug-likeness (QED) is 0.721. The van der Waals surface area contributed by atoms with Crippen molar-refractivity contribution >= 4 is 52.3 Å². The van der Waals surface area contributed by atoms with Crippen molar-refractivity contribution < 1.29 is 9.59 Å². The van der Waals surface area contributed by atoms with E-state index in [1.54, 1.807) is 4.90 Å². The molecule has 0 aliphatic rings. The van der Waals surface area contributed by atoms with Gasteiger partial charge in [-0.2, -0.15) is 0 Å². The summed E-state index contributed by atoms with van der Waals surface area (Å²) in [6.45, 7) is 8.34. The fourth-order valence-corrected chi connectivity index (χ4v) is 2.55. The molecule has 1 rings (SSSR count). The molecular formula is C16H22Cl3N3O2. The van der Waals surface area contributed by atoms with Gasteiger partial charge in [-0.1, -0.05) is 41.7 Å². The smallest absolute Gasteiger partial charge is 0.238 e. The topological polar surface area (TPSA) is 61.4 Å². The number of nitrogens with one attached hydrogen (secondary N) is 2. The molecule has 0 spiro atoms. The van der Waals surface area contributed by atoms with Crippen molar-refractivity contribution in [1.29, 1.82) is 0 Å². The molecule has 134 valence electrons. The monoisotopic (exact) mass is 393 g/mol. The van der Waals surface area contributed by atoms with Gasteiger partial charge in [-0.25, -0.2) is 0 Å². The zero-order valence-electron chi connectivity index (χ0n) is 14.2. The van der Waals surface area contributed by atoms with Crippen LogP contribution in [-0.2, 0) is 9.59 Å². The van der Waals surface area contributed by atoms with Gasteiger partial charge in [0.05, 0.1) is 33.8 Å². The minimum Gasteiger partial charge on any atom is -0.350 e. The van der Waals surface area contributed by atoms with Gasteiger partial charge in [0.15, 0.2) is 0 Å². The highest BCUT2D eigenvalue weighted by molar-refractivity contribution is 6.44. The van der Waals surface area contributed by atoms with E-state index in [2.05, 4.69) is 10.6 Å². The molecule has 1 aromatic carbocycles. The molecule has 2 N–H and O–H groups in total. The molecular weight excluding hydrogens is 373 g/mol. The molecule has 1 aromatic rings. The number of anilines is 1. The van der Waals surface area contributed by atoms with E-state index in [0.29, 0.717) is 27.3 Å². The summed E-state index contributed by atoms with van der Waals surface area (Å²) in [6.07, 6.45) is 0. The molecule has 0 saturated carbocycles. The third-order valence-electron chi connectivity index (χ3n) is 2.98. The van der Waals surface area contributed by atoms with E-state index in [4.69, 9.17) is 34.8 Å². The average molecular weight is 395 g/mol. The number of carbonyl (C=O) groups excluding carboxylic acids is 2. The molecule has 0 fully saturated rings. The molecule has 0 aliphatic carbocycles. The van der Waals surface area contributed by atoms with Crippen LogP contribution in [0.5, 0.6) is 0 Å². The van der Waals surface area contributed by atoms with E-state index < -0.39 is 0 Å². The van der Waals surface area contributed by atoms with Gasteiger partial charge in [0.2, 0.25) is 11.8 Å². The van der Waals surface area contributed by atoms with Crippen LogP contribution in [0.15, 0.2) is 12.1 Å². The van der Waals surface area contributed by atoms with E-state index in [-0.39, 0.29) is 30.4 Å². The number of hydrogen-bond acceptors (Lipinski definition) is 3. The lowest BCUT2D eigenvalue weighted by Gasteiger charge is -2.24. The summed E-state index contributed by atoms with van der Waals surface area (Å²) in [7, 11) is 0. The first kappa shape index (κ1) is 21.0. The molecule has 0 unspecified atom stereocenters. The van der Waals surface area contributed by atoms with Gasteiger partial charge < -0.3 is 10.6 Å². The van der Waals surface area contributed by atoms with Crippen molar-refractivity contribution in [2.45, 2.75) is 33.2 Å². The largest absolute Gasteiger partial charge is 0.350 e. The Hall–Kier alpha value is -1.01. The highest BCUT2D eigenvalue weighted by Gasteiger charge is 2.18. The predicted molar refractivity (Wildman–Crippen MR) is 100 cm³/mol. The third-order valence-corrected chi connectivity index (χ3v) is 4.01. The van der Waals surface area contributed by atoms with Gasteiger partial charge >= 0.3 is 0 Å². The Kier molecular flexibility index (Phi) is 7.80. The highest BCUT2D eigenvalue weighted by Crippen LogP contribution is 2.32. The Morgan fingerprint density at radius 3 is 2.08 bits per heavy atom. The lowest BCUT2D eigenvalue weighted by Crippen LogP contribution is -2.47. The van der Waals surface area contributed by atoms with E-state index >= 15 is 0 Å². The predicted octanol–water partition coefficient (Wildman–Crippen LogP) is 3.82. The van der Waals surface area contributed by atoms with Crippen LogP contribution in [0.4, 0.5) is 5.69 Å². The Morgan fingerprint density at radius 1 is 1.00 bits per heavy atom. The molecule has 0 atom stereocenters. The number of benzene rings is 1. The van der Waals surface area contributed by atoms with Crippen molar-refractivity contribution in [1.82, 2.24) is 10.2 Å². The molecule has 24 heavy (non-hydrogen) atoms. The van der Waals surface area contributed by atoms with Gasteiger partial charge in [0, 0.05) is 5.54 Å². The lowest BCUT2D eigenvalue weighted by molar-refractivity contribution is -0.124. The fourth-order valence-electron chi connectivity index (χ4n) is 1.95. The Morgan fingerprint density at radius 2 is 1.54 bits per heavy atom. The molecule has 5 nitrogen and oxygen atoms in total. The van der Waals surface area contributed by atoms with E-state index in [1.807, 2.05) is 27.7 Å². The molecule has 0 radical (unpaired) electrons. The summed E-state index contributed by atoms with van der Waals surface area (Å²) >= 11 is 17.8. The maximum absolute atomic E-state index is 12.2. The molecule has 8 heteroatoms. The first-order valence-electron chi connectivity index (χ1n) is 7.49. The van der Waals surface area contributed by atoms with Gasteiger partial charge in [0.25, 0.3) is 0 Å². The maximum Gasteiger partial charge on any atom is 0.238 e. The molecule has 2 amide bonds. The first-order valence-corrected chi connectivity index (χ1v) is 8.63. The Balaban J connectivity index is 2.65. The van der Waals surface area contributed by atoms with Gasteiger partial charge in [0.1, 0.15) is 0 Å². The maximum atomic E-state index is 12.2. The number of hydrogen-bond donors (Lipinski definition) is 2. The van der Waals surface area contributed by atoms with Crippen LogP contribution in [-0.4, -0.2) is 41.9 Å². The van der Waals surface area contributed by atoms with Crippen molar-refractivity contribution in [3.63, 3.8) is 0 Å². The van der Waals surface area contributed by atoms with Crippen LogP contribution < -0.4 is 10.6 Å². The molecule has 0 bridgehead atoms. The number of carbonyl (C=O) groups is 2. The molecule has 0 aliphatic heterocycles. The Labute approximate surface area is 157 Å². The van der Waals surface area contributed by atoms with Gasteiger partial charge in [-0.05, 0) is 39.4 Å². The van der Waals surface area contributed by atoms with Crippen molar-refractivity contribution in [2.75, 3.05) is 25.0 Å². The van der Waals surface area contributed by atoms with E-state index in [1.165, 1.54) is 12.1 Å². The van der Waals surface area contributed by atoms with Crippen LogP contribution in [0.25, 0.3) is 0 Å². The number of amides is 2. The summed E-state index contributed by atoms with van der Waals surface area (Å²) in [5.41, 5.74) is 0.0676. The summed E-state index contributed by atoms with van der Waals surface area (Å²) in [5, 5.41) is 6.45. The van der Waals surface area contributed by atoms with Crippen molar-refractivity contribution in [3.05, 3.63) is 27.2 Å². The van der Waals surface area contributed by atoms with Crippen LogP contribution >= 0.6 is 34.8 Å². The van der Waals surface area contributed by atoms with E-state index in [0.717, 1.165) is 0 Å². The number of halogens is 3. The first-order chi connectivity index (χ1) is 11.0. The summed E-state index contributed by atoms with van der Waals surface area (Å²) in [5.74, 6) is -0.426. The number of likely N-dealkylation sites (N-methyl/N-ethyl adjacent to an activating group) is 1. The minimum atomic E-state index is -0.313. The van der Waals surface area contributed by atoms with Crippen LogP contribution in [0, 0.1) is 0 Å². The average Bonchev–Trinajstić information content (AvgIpc) is 2.41. The summed E-state index contributed by atoms with van der Waals surface area (Å²) in [6, 6.07) is 2.96. The second-order valence-corrected chi connectivity index (χ2v) is 7.62. The van der Waals surface area contributed by atoms with E-state index in [9.17, 15) is 9.59 Å². The van der Waals surface area contributed by atoms with Crippen LogP contribution in [0.1, 0.15) is 27.7 Å². The molecule has 0 saturated heterocycles. The minimum absolute atomic E-state index is 0.0602.